The Morgan fingerprint density at radius 3 is 1.04 bits per heavy atom. The molecule has 15 rings (SSSR count). The minimum absolute atomic E-state index is 0.429. The van der Waals surface area contributed by atoms with Gasteiger partial charge >= 0.3 is 0 Å². The highest BCUT2D eigenvalue weighted by molar-refractivity contribution is 5.91. The third-order valence-corrected chi connectivity index (χ3v) is 19.4. The fourth-order valence-corrected chi connectivity index (χ4v) is 14.5. The van der Waals surface area contributed by atoms with Gasteiger partial charge in [0.2, 0.25) is 0 Å². The molecule has 1 atom stereocenters. The summed E-state index contributed by atoms with van der Waals surface area (Å²) in [6, 6.07) is 90.0. The van der Waals surface area contributed by atoms with Crippen molar-refractivity contribution in [2.75, 3.05) is 4.90 Å². The minimum atomic E-state index is -0.476. The monoisotopic (exact) mass is 1040 g/mol. The summed E-state index contributed by atoms with van der Waals surface area (Å²) in [5.74, 6) is 0.491. The average Bonchev–Trinajstić information content (AvgIpc) is 4.11. The lowest BCUT2D eigenvalue weighted by Gasteiger charge is -2.37. The molecule has 0 aliphatic heterocycles. The second kappa shape index (κ2) is 18.9. The van der Waals surface area contributed by atoms with Crippen molar-refractivity contribution >= 4 is 17.1 Å². The number of aryl methyl sites for hydroxylation is 8. The van der Waals surface area contributed by atoms with Crippen LogP contribution in [0.15, 0.2) is 231 Å². The smallest absolute Gasteiger partial charge is 0.0714 e. The summed E-state index contributed by atoms with van der Waals surface area (Å²) in [5, 5.41) is 0. The van der Waals surface area contributed by atoms with Gasteiger partial charge in [-0.15, -0.1) is 0 Å². The second-order valence-corrected chi connectivity index (χ2v) is 24.1. The zero-order chi connectivity index (χ0) is 54.7. The Morgan fingerprint density at radius 2 is 0.654 bits per heavy atom. The third-order valence-electron chi connectivity index (χ3n) is 19.4. The molecule has 0 amide bonds. The van der Waals surface area contributed by atoms with Crippen LogP contribution in [0, 0.1) is 27.7 Å². The highest BCUT2D eigenvalue weighted by Crippen LogP contribution is 2.59. The van der Waals surface area contributed by atoms with E-state index in [4.69, 9.17) is 0 Å². The number of hydrogen-bond donors (Lipinski definition) is 0. The summed E-state index contributed by atoms with van der Waals surface area (Å²) in [7, 11) is 0. The number of nitrogens with zero attached hydrogens (tertiary/aromatic N) is 1. The fourth-order valence-electron chi connectivity index (χ4n) is 14.5. The van der Waals surface area contributed by atoms with Crippen LogP contribution in [-0.4, -0.2) is 0 Å². The predicted octanol–water partition coefficient (Wildman–Crippen LogP) is 20.2. The van der Waals surface area contributed by atoms with E-state index in [0.29, 0.717) is 5.92 Å². The van der Waals surface area contributed by atoms with Crippen molar-refractivity contribution in [2.24, 2.45) is 0 Å². The molecular weight excluding hydrogens is 975 g/mol. The molecule has 4 aliphatic carbocycles. The quantitative estimate of drug-likeness (QED) is 0.125. The molecule has 1 nitrogen and oxygen atoms in total. The highest BCUT2D eigenvalue weighted by atomic mass is 15.1. The number of rotatable bonds is 11. The van der Waals surface area contributed by atoms with E-state index in [1.165, 1.54) is 152 Å². The summed E-state index contributed by atoms with van der Waals surface area (Å²) in [5.41, 5.74) is 35.9. The molecule has 0 aromatic heterocycles. The topological polar surface area (TPSA) is 3.24 Å². The summed E-state index contributed by atoms with van der Waals surface area (Å²) in [6.07, 6.45) is 5.77. The Bertz CT molecular complexity index is 4190. The van der Waals surface area contributed by atoms with Gasteiger partial charge in [-0.05, 0) is 231 Å². The van der Waals surface area contributed by atoms with Gasteiger partial charge in [0.25, 0.3) is 0 Å². The van der Waals surface area contributed by atoms with Crippen LogP contribution in [0.5, 0.6) is 0 Å². The van der Waals surface area contributed by atoms with E-state index in [-0.39, 0.29) is 0 Å². The molecule has 0 bridgehead atoms. The van der Waals surface area contributed by atoms with Gasteiger partial charge in [0.15, 0.2) is 0 Å². The van der Waals surface area contributed by atoms with Crippen LogP contribution in [0.3, 0.4) is 0 Å². The molecule has 1 unspecified atom stereocenters. The van der Waals surface area contributed by atoms with Gasteiger partial charge in [-0.1, -0.05) is 218 Å². The molecule has 392 valence electrons. The molecule has 81 heavy (non-hydrogen) atoms. The van der Waals surface area contributed by atoms with E-state index in [9.17, 15) is 0 Å². The van der Waals surface area contributed by atoms with E-state index in [1.54, 1.807) is 0 Å². The van der Waals surface area contributed by atoms with Crippen LogP contribution in [0.1, 0.15) is 121 Å². The maximum Gasteiger partial charge on any atom is 0.0714 e. The van der Waals surface area contributed by atoms with Gasteiger partial charge in [-0.3, -0.25) is 0 Å². The summed E-state index contributed by atoms with van der Waals surface area (Å²) >= 11 is 0. The largest absolute Gasteiger partial charge is 0.311 e. The Kier molecular flexibility index (Phi) is 11.5. The van der Waals surface area contributed by atoms with Crippen molar-refractivity contribution in [2.45, 2.75) is 90.4 Å². The number of fused-ring (bicyclic) bond motifs is 8. The number of benzene rings is 11. The summed E-state index contributed by atoms with van der Waals surface area (Å²) in [4.78, 5) is 2.43. The van der Waals surface area contributed by atoms with Gasteiger partial charge in [0.05, 0.1) is 10.8 Å². The van der Waals surface area contributed by atoms with Crippen molar-refractivity contribution in [3.8, 4) is 44.5 Å². The molecule has 11 aromatic rings. The minimum Gasteiger partial charge on any atom is -0.311 e. The molecular formula is C80H67N. The van der Waals surface area contributed by atoms with Gasteiger partial charge < -0.3 is 4.90 Å². The standard InChI is InChI=1S/C80H67N/c1-7-54(6)55-20-34-68(35-21-55)81(69-36-22-58(23-37-69)62-26-42-73-71-40-12-52(4)44-75(71)79(77(73)48-62,64-28-8-50(2)9-29-64)65-30-10-51(3)11-31-65)70-38-24-59(25-39-70)63-27-43-74-72-41-13-53(5)45-76(72)80(78(74)49-63,66-32-18-56-14-16-60(56)46-66)67-33-19-57-15-17-61(57)47-67/h8-13,18-49,54H,7,14-17H2,1-6H3. The first-order valence-corrected chi connectivity index (χ1v) is 29.6. The Morgan fingerprint density at radius 1 is 0.321 bits per heavy atom. The van der Waals surface area contributed by atoms with E-state index in [2.05, 4.69) is 277 Å². The lowest BCUT2D eigenvalue weighted by Crippen LogP contribution is -2.30. The molecule has 0 spiro atoms. The Balaban J connectivity index is 0.827. The van der Waals surface area contributed by atoms with Crippen molar-refractivity contribution in [3.63, 3.8) is 0 Å². The van der Waals surface area contributed by atoms with Crippen LogP contribution >= 0.6 is 0 Å². The van der Waals surface area contributed by atoms with Crippen molar-refractivity contribution in [1.82, 2.24) is 0 Å². The van der Waals surface area contributed by atoms with Crippen LogP contribution in [-0.2, 0) is 36.5 Å². The molecule has 0 fully saturated rings. The van der Waals surface area contributed by atoms with Crippen LogP contribution in [0.25, 0.3) is 44.5 Å². The first-order chi connectivity index (χ1) is 39.6. The lowest BCUT2D eigenvalue weighted by molar-refractivity contribution is 0.733. The van der Waals surface area contributed by atoms with Crippen LogP contribution < -0.4 is 4.90 Å². The van der Waals surface area contributed by atoms with Gasteiger partial charge in [-0.2, -0.15) is 0 Å². The lowest BCUT2D eigenvalue weighted by atomic mass is 9.65. The molecule has 0 N–H and O–H groups in total. The van der Waals surface area contributed by atoms with Crippen LogP contribution in [0.4, 0.5) is 17.1 Å². The first kappa shape index (κ1) is 49.3. The van der Waals surface area contributed by atoms with E-state index < -0.39 is 10.8 Å². The molecule has 0 saturated carbocycles. The first-order valence-electron chi connectivity index (χ1n) is 29.6. The molecule has 4 aliphatic rings. The average molecular weight is 1040 g/mol. The maximum atomic E-state index is 2.55. The second-order valence-electron chi connectivity index (χ2n) is 24.1. The maximum absolute atomic E-state index is 2.55. The highest BCUT2D eigenvalue weighted by Gasteiger charge is 2.48. The predicted molar refractivity (Wildman–Crippen MR) is 339 cm³/mol. The summed E-state index contributed by atoms with van der Waals surface area (Å²) < 4.78 is 0. The third kappa shape index (κ3) is 7.65. The molecule has 0 heterocycles. The van der Waals surface area contributed by atoms with Gasteiger partial charge in [-0.25, -0.2) is 0 Å². The van der Waals surface area contributed by atoms with Crippen molar-refractivity contribution < 1.29 is 0 Å². The van der Waals surface area contributed by atoms with Gasteiger partial charge in [0.1, 0.15) is 0 Å². The normalized spacial score (nSPS) is 14.8. The summed E-state index contributed by atoms with van der Waals surface area (Å²) in [6.45, 7) is 13.5. The van der Waals surface area contributed by atoms with E-state index in [0.717, 1.165) is 36.3 Å². The molecule has 0 saturated heterocycles. The van der Waals surface area contributed by atoms with Crippen molar-refractivity contribution in [1.29, 1.82) is 0 Å². The number of hydrogen-bond acceptors (Lipinski definition) is 1. The van der Waals surface area contributed by atoms with Gasteiger partial charge in [0, 0.05) is 17.1 Å². The molecule has 1 heteroatoms. The van der Waals surface area contributed by atoms with E-state index in [1.807, 2.05) is 0 Å². The zero-order valence-corrected chi connectivity index (χ0v) is 47.5. The van der Waals surface area contributed by atoms with Crippen LogP contribution in [0.2, 0.25) is 0 Å². The zero-order valence-electron chi connectivity index (χ0n) is 47.5. The van der Waals surface area contributed by atoms with Crippen molar-refractivity contribution in [3.05, 3.63) is 325 Å². The van der Waals surface area contributed by atoms with E-state index >= 15 is 0 Å². The molecule has 11 aromatic carbocycles. The Labute approximate surface area is 479 Å². The molecule has 0 radical (unpaired) electrons. The SMILES string of the molecule is CCC(C)c1ccc(N(c2ccc(-c3ccc4c(c3)C(c3ccc(C)cc3)(c3ccc(C)cc3)c3cc(C)ccc3-4)cc2)c2ccc(-c3ccc4c(c3)C(c3ccc5c(c3)CC5)(c3ccc5c(c3)CC5)c3cc(C)ccc3-4)cc2)cc1. The fraction of sp³-hybridized carbons (Fsp3) is 0.175. The number of anilines is 3. The Hall–Kier alpha value is -8.78.